The van der Waals surface area contributed by atoms with Gasteiger partial charge in [0.15, 0.2) is 0 Å². The van der Waals surface area contributed by atoms with E-state index >= 15 is 0 Å². The zero-order chi connectivity index (χ0) is 7.98. The van der Waals surface area contributed by atoms with Gasteiger partial charge in [0.2, 0.25) is 0 Å². The van der Waals surface area contributed by atoms with Crippen LogP contribution in [0.3, 0.4) is 0 Å². The molecule has 0 aromatic carbocycles. The van der Waals surface area contributed by atoms with Crippen molar-refractivity contribution in [3.63, 3.8) is 0 Å². The van der Waals surface area contributed by atoms with Crippen LogP contribution in [-0.4, -0.2) is 18.6 Å². The van der Waals surface area contributed by atoms with E-state index in [2.05, 4.69) is 25.7 Å². The van der Waals surface area contributed by atoms with E-state index in [1.54, 1.807) is 0 Å². The molecule has 0 heterocycles. The van der Waals surface area contributed by atoms with Crippen LogP contribution in [0.25, 0.3) is 0 Å². The Hall–Kier alpha value is -0.340. The van der Waals surface area contributed by atoms with Crippen LogP contribution in [0.2, 0.25) is 0 Å². The molecule has 0 saturated carbocycles. The van der Waals surface area contributed by atoms with Crippen molar-refractivity contribution in [2.24, 2.45) is 5.73 Å². The van der Waals surface area contributed by atoms with Gasteiger partial charge in [0, 0.05) is 18.6 Å². The maximum Gasteiger partial charge on any atom is 0.0200 e. The molecule has 0 fully saturated rings. The van der Waals surface area contributed by atoms with E-state index in [1.807, 2.05) is 6.08 Å². The van der Waals surface area contributed by atoms with Gasteiger partial charge in [-0.25, -0.2) is 0 Å². The molecule has 0 aromatic rings. The number of nitrogens with one attached hydrogen (secondary N) is 1. The molecule has 10 heavy (non-hydrogen) atoms. The molecular formula is C8H18N2. The molecule has 0 aromatic heterocycles. The van der Waals surface area contributed by atoms with Crippen molar-refractivity contribution in [3.05, 3.63) is 12.7 Å². The van der Waals surface area contributed by atoms with Crippen LogP contribution in [0.15, 0.2) is 12.7 Å². The maximum absolute atomic E-state index is 5.70. The van der Waals surface area contributed by atoms with Gasteiger partial charge in [0.1, 0.15) is 0 Å². The van der Waals surface area contributed by atoms with Crippen LogP contribution in [0.5, 0.6) is 0 Å². The average Bonchev–Trinajstić information content (AvgIpc) is 1.85. The maximum atomic E-state index is 5.70. The minimum absolute atomic E-state index is 0.222. The van der Waals surface area contributed by atoms with Crippen LogP contribution >= 0.6 is 0 Å². The van der Waals surface area contributed by atoms with Gasteiger partial charge >= 0.3 is 0 Å². The highest BCUT2D eigenvalue weighted by Gasteiger charge is 1.99. The van der Waals surface area contributed by atoms with Crippen LogP contribution in [0, 0.1) is 0 Å². The van der Waals surface area contributed by atoms with Crippen LogP contribution in [0.4, 0.5) is 0 Å². The van der Waals surface area contributed by atoms with Gasteiger partial charge in [-0.3, -0.25) is 0 Å². The van der Waals surface area contributed by atoms with Crippen molar-refractivity contribution in [2.45, 2.75) is 32.4 Å². The lowest BCUT2D eigenvalue weighted by Crippen LogP contribution is -2.36. The molecule has 0 aliphatic heterocycles. The third kappa shape index (κ3) is 5.79. The lowest BCUT2D eigenvalue weighted by Gasteiger charge is -2.12. The molecule has 0 bridgehead atoms. The number of rotatable bonds is 5. The zero-order valence-corrected chi connectivity index (χ0v) is 6.93. The quantitative estimate of drug-likeness (QED) is 0.559. The largest absolute Gasteiger partial charge is 0.326 e. The predicted molar refractivity (Wildman–Crippen MR) is 45.9 cm³/mol. The van der Waals surface area contributed by atoms with Gasteiger partial charge in [0.05, 0.1) is 0 Å². The Morgan fingerprint density at radius 2 is 2.20 bits per heavy atom. The molecule has 60 valence electrons. The summed E-state index contributed by atoms with van der Waals surface area (Å²) in [5, 5.41) is 3.26. The molecule has 0 aliphatic carbocycles. The Labute approximate surface area is 63.5 Å². The van der Waals surface area contributed by atoms with Gasteiger partial charge in [-0.15, -0.1) is 6.58 Å². The van der Waals surface area contributed by atoms with E-state index in [9.17, 15) is 0 Å². The fourth-order valence-electron chi connectivity index (χ4n) is 0.684. The van der Waals surface area contributed by atoms with Crippen molar-refractivity contribution < 1.29 is 0 Å². The highest BCUT2D eigenvalue weighted by Crippen LogP contribution is 1.87. The zero-order valence-electron chi connectivity index (χ0n) is 6.93. The predicted octanol–water partition coefficient (Wildman–Crippen LogP) is 0.888. The first-order valence-corrected chi connectivity index (χ1v) is 3.76. The number of hydrogen-bond acceptors (Lipinski definition) is 2. The number of hydrogen-bond donors (Lipinski definition) is 2. The van der Waals surface area contributed by atoms with Crippen LogP contribution in [0.1, 0.15) is 20.3 Å². The first kappa shape index (κ1) is 9.66. The Balaban J connectivity index is 3.20. The first-order chi connectivity index (χ1) is 4.66. The molecule has 0 amide bonds. The van der Waals surface area contributed by atoms with Crippen molar-refractivity contribution in [3.8, 4) is 0 Å². The van der Waals surface area contributed by atoms with Crippen molar-refractivity contribution in [1.29, 1.82) is 0 Å². The molecule has 0 saturated heterocycles. The van der Waals surface area contributed by atoms with E-state index < -0.39 is 0 Å². The summed E-state index contributed by atoms with van der Waals surface area (Å²) in [5.41, 5.74) is 5.70. The van der Waals surface area contributed by atoms with Crippen LogP contribution < -0.4 is 11.1 Å². The highest BCUT2D eigenvalue weighted by atomic mass is 14.9. The van der Waals surface area contributed by atoms with Gasteiger partial charge in [-0.2, -0.15) is 0 Å². The molecule has 0 radical (unpaired) electrons. The Bertz CT molecular complexity index is 89.3. The van der Waals surface area contributed by atoms with Crippen molar-refractivity contribution >= 4 is 0 Å². The molecular weight excluding hydrogens is 124 g/mol. The normalized spacial score (nSPS) is 13.6. The monoisotopic (exact) mass is 142 g/mol. The second-order valence-corrected chi connectivity index (χ2v) is 2.85. The van der Waals surface area contributed by atoms with Crippen LogP contribution in [-0.2, 0) is 0 Å². The number of nitrogens with two attached hydrogens (primary N) is 1. The van der Waals surface area contributed by atoms with E-state index in [4.69, 9.17) is 5.73 Å². The summed E-state index contributed by atoms with van der Waals surface area (Å²) in [5.74, 6) is 0. The topological polar surface area (TPSA) is 38.0 Å². The van der Waals surface area contributed by atoms with Crippen molar-refractivity contribution in [1.82, 2.24) is 5.32 Å². The summed E-state index contributed by atoms with van der Waals surface area (Å²) in [6, 6.07) is 0.746. The fourth-order valence-corrected chi connectivity index (χ4v) is 0.684. The van der Waals surface area contributed by atoms with E-state index in [-0.39, 0.29) is 6.04 Å². The lowest BCUT2D eigenvalue weighted by molar-refractivity contribution is 0.528. The summed E-state index contributed by atoms with van der Waals surface area (Å²) in [4.78, 5) is 0. The second kappa shape index (κ2) is 5.45. The molecule has 2 heteroatoms. The van der Waals surface area contributed by atoms with E-state index in [0.717, 1.165) is 13.0 Å². The summed E-state index contributed by atoms with van der Waals surface area (Å²) in [6.45, 7) is 8.72. The standard InChI is InChI=1S/C8H18N2/c1-4-5-8(9)6-10-7(2)3/h4,7-8,10H,1,5-6,9H2,2-3H3. The fraction of sp³-hybridized carbons (Fsp3) is 0.750. The first-order valence-electron chi connectivity index (χ1n) is 3.76. The molecule has 1 atom stereocenters. The minimum atomic E-state index is 0.222. The molecule has 1 unspecified atom stereocenters. The van der Waals surface area contributed by atoms with E-state index in [0.29, 0.717) is 6.04 Å². The Kier molecular flexibility index (Phi) is 5.26. The minimum Gasteiger partial charge on any atom is -0.326 e. The summed E-state index contributed by atoms with van der Waals surface area (Å²) in [6.07, 6.45) is 2.74. The van der Waals surface area contributed by atoms with Gasteiger partial charge in [-0.1, -0.05) is 19.9 Å². The third-order valence-corrected chi connectivity index (χ3v) is 1.26. The van der Waals surface area contributed by atoms with Gasteiger partial charge < -0.3 is 11.1 Å². The smallest absolute Gasteiger partial charge is 0.0200 e. The summed E-state index contributed by atoms with van der Waals surface area (Å²) >= 11 is 0. The SMILES string of the molecule is C=CCC(N)CNC(C)C. The summed E-state index contributed by atoms with van der Waals surface area (Å²) in [7, 11) is 0. The summed E-state index contributed by atoms with van der Waals surface area (Å²) < 4.78 is 0. The Morgan fingerprint density at radius 1 is 1.60 bits per heavy atom. The third-order valence-electron chi connectivity index (χ3n) is 1.26. The molecule has 2 nitrogen and oxygen atoms in total. The molecule has 0 rings (SSSR count). The lowest BCUT2D eigenvalue weighted by atomic mass is 10.2. The van der Waals surface area contributed by atoms with E-state index in [1.165, 1.54) is 0 Å². The van der Waals surface area contributed by atoms with Crippen molar-refractivity contribution in [2.75, 3.05) is 6.54 Å². The highest BCUT2D eigenvalue weighted by molar-refractivity contribution is 4.77. The molecule has 0 aliphatic rings. The average molecular weight is 142 g/mol. The Morgan fingerprint density at radius 3 is 2.60 bits per heavy atom. The van der Waals surface area contributed by atoms with Gasteiger partial charge in [-0.05, 0) is 6.42 Å². The molecule has 3 N–H and O–H groups in total. The van der Waals surface area contributed by atoms with Gasteiger partial charge in [0.25, 0.3) is 0 Å². The molecule has 0 spiro atoms. The second-order valence-electron chi connectivity index (χ2n) is 2.85.